The summed E-state index contributed by atoms with van der Waals surface area (Å²) in [5.41, 5.74) is -1.50. The molecule has 3 N–H and O–H groups in total. The zero-order valence-electron chi connectivity index (χ0n) is 32.2. The first-order valence-corrected chi connectivity index (χ1v) is 21.3. The summed E-state index contributed by atoms with van der Waals surface area (Å²) in [6.07, 6.45) is 0.209. The highest BCUT2D eigenvalue weighted by Gasteiger charge is 2.61. The Morgan fingerprint density at radius 2 is 1.83 bits per heavy atom. The van der Waals surface area contributed by atoms with Crippen molar-refractivity contribution in [1.29, 1.82) is 0 Å². The number of benzene rings is 1. The number of rotatable bonds is 12. The van der Waals surface area contributed by atoms with Gasteiger partial charge in [0.05, 0.1) is 28.5 Å². The number of likely N-dealkylation sites (tertiary alicyclic amines) is 1. The number of carbonyl (C=O) groups excluding carboxylic acids is 3. The minimum absolute atomic E-state index is 0.0216. The number of aliphatic carboxylic acids is 1. The predicted molar refractivity (Wildman–Crippen MR) is 206 cm³/mol. The van der Waals surface area contributed by atoms with Crippen molar-refractivity contribution in [2.24, 2.45) is 11.3 Å². The monoisotopic (exact) mass is 783 g/mol. The van der Waals surface area contributed by atoms with Gasteiger partial charge in [0.15, 0.2) is 0 Å². The van der Waals surface area contributed by atoms with E-state index in [9.17, 15) is 28.8 Å². The molecule has 1 aliphatic heterocycles. The van der Waals surface area contributed by atoms with Crippen molar-refractivity contribution in [2.75, 3.05) is 26.2 Å². The van der Waals surface area contributed by atoms with Gasteiger partial charge in [-0.2, -0.15) is 0 Å². The molecule has 14 nitrogen and oxygen atoms in total. The van der Waals surface area contributed by atoms with Gasteiger partial charge in [0.1, 0.15) is 54.3 Å². The van der Waals surface area contributed by atoms with Crippen LogP contribution < -0.4 is 20.1 Å². The first-order valence-electron chi connectivity index (χ1n) is 17.7. The summed E-state index contributed by atoms with van der Waals surface area (Å²) in [7, 11) is -2.47. The summed E-state index contributed by atoms with van der Waals surface area (Å²) < 4.78 is 30.3. The number of nitrogens with one attached hydrogen (secondary N) is 2. The highest BCUT2D eigenvalue weighted by molar-refractivity contribution is 7.62. The molecule has 1 saturated carbocycles. The van der Waals surface area contributed by atoms with Gasteiger partial charge in [-0.05, 0) is 65.0 Å². The zero-order chi connectivity index (χ0) is 40.0. The summed E-state index contributed by atoms with van der Waals surface area (Å²) >= 11 is 1.47. The van der Waals surface area contributed by atoms with E-state index in [1.165, 1.54) is 22.3 Å². The topological polar surface area (TPSA) is 186 Å². The Bertz CT molecular complexity index is 2020. The number of alkyl carbamates (subject to hydrolysis) is 1. The van der Waals surface area contributed by atoms with Crippen molar-refractivity contribution >= 4 is 53.3 Å². The third kappa shape index (κ3) is 9.41. The summed E-state index contributed by atoms with van der Waals surface area (Å²) in [6.45, 7) is 19.3. The standard InChI is InChI=1S/C38H50N5O9PS/c1-11-22-17-38(22,34(46)47)42-32(44)29-15-24(18-43(29)33(45)31(36(3,4)5)41-35(48)52-37(6,7)8)51-30-16-27(28-19-54-21(2)39-28)40-26-14-23(12-13-25(26)30)50-20-53(9,10)49/h11-14,16,19,22,24,29,31H,1,15,17-18,20H2,2-10H3,(H,41,48)(H,42,44)(H,46,47). The number of fused-ring (bicyclic) bond motifs is 1. The van der Waals surface area contributed by atoms with Gasteiger partial charge >= 0.3 is 12.1 Å². The van der Waals surface area contributed by atoms with Gasteiger partial charge in [-0.1, -0.05) is 26.8 Å². The Hall–Kier alpha value is -4.49. The van der Waals surface area contributed by atoms with Gasteiger partial charge in [0.25, 0.3) is 0 Å². The van der Waals surface area contributed by atoms with Crippen molar-refractivity contribution < 1.29 is 43.1 Å². The lowest BCUT2D eigenvalue weighted by Crippen LogP contribution is -2.59. The molecule has 0 spiro atoms. The first kappa shape index (κ1) is 40.7. The van der Waals surface area contributed by atoms with Crippen LogP contribution in [-0.2, 0) is 23.7 Å². The minimum Gasteiger partial charge on any atom is -0.488 e. The number of hydrogen-bond acceptors (Lipinski definition) is 11. The number of amides is 3. The average molecular weight is 784 g/mol. The normalized spacial score (nSPS) is 21.9. The molecule has 292 valence electrons. The molecular weight excluding hydrogens is 733 g/mol. The molecule has 1 aromatic carbocycles. The Labute approximate surface area is 319 Å². The zero-order valence-corrected chi connectivity index (χ0v) is 33.9. The maximum Gasteiger partial charge on any atom is 0.408 e. The van der Waals surface area contributed by atoms with Crippen molar-refractivity contribution in [1.82, 2.24) is 25.5 Å². The summed E-state index contributed by atoms with van der Waals surface area (Å²) in [4.78, 5) is 64.7. The smallest absolute Gasteiger partial charge is 0.408 e. The lowest BCUT2D eigenvalue weighted by atomic mass is 9.85. The van der Waals surface area contributed by atoms with Crippen LogP contribution in [0.15, 0.2) is 42.3 Å². The average Bonchev–Trinajstić information content (AvgIpc) is 3.34. The number of thiazole rings is 1. The van der Waals surface area contributed by atoms with Gasteiger partial charge in [-0.15, -0.1) is 17.9 Å². The maximum absolute atomic E-state index is 14.5. The third-order valence-corrected chi connectivity index (χ3v) is 10.6. The lowest BCUT2D eigenvalue weighted by molar-refractivity contribution is -0.146. The van der Waals surface area contributed by atoms with Crippen LogP contribution in [0.2, 0.25) is 0 Å². The number of ether oxygens (including phenoxy) is 3. The van der Waals surface area contributed by atoms with Crippen LogP contribution in [0.4, 0.5) is 4.79 Å². The third-order valence-electron chi connectivity index (χ3n) is 9.11. The van der Waals surface area contributed by atoms with Crippen molar-refractivity contribution in [3.63, 3.8) is 0 Å². The molecule has 0 bridgehead atoms. The van der Waals surface area contributed by atoms with E-state index in [-0.39, 0.29) is 25.7 Å². The van der Waals surface area contributed by atoms with E-state index in [4.69, 9.17) is 19.2 Å². The van der Waals surface area contributed by atoms with Gasteiger partial charge in [-0.25, -0.2) is 19.6 Å². The number of carboxylic acids is 1. The molecule has 2 fully saturated rings. The molecule has 2 aromatic heterocycles. The van der Waals surface area contributed by atoms with E-state index < -0.39 is 71.7 Å². The van der Waals surface area contributed by atoms with E-state index in [1.54, 1.807) is 79.1 Å². The number of hydrogen-bond donors (Lipinski definition) is 3. The fourth-order valence-corrected chi connectivity index (χ4v) is 7.39. The molecule has 3 aromatic rings. The molecule has 54 heavy (non-hydrogen) atoms. The highest BCUT2D eigenvalue weighted by Crippen LogP contribution is 2.45. The molecule has 0 radical (unpaired) electrons. The summed E-state index contributed by atoms with van der Waals surface area (Å²) in [6, 6.07) is 4.74. The number of carbonyl (C=O) groups is 4. The van der Waals surface area contributed by atoms with Gasteiger partial charge < -0.3 is 39.4 Å². The van der Waals surface area contributed by atoms with Crippen LogP contribution in [0.5, 0.6) is 11.5 Å². The van der Waals surface area contributed by atoms with Crippen molar-refractivity contribution in [3.05, 3.63) is 47.3 Å². The summed E-state index contributed by atoms with van der Waals surface area (Å²) in [5.74, 6) is -1.99. The highest BCUT2D eigenvalue weighted by atomic mass is 32.1. The molecule has 1 aliphatic carbocycles. The number of carboxylic acid groups (broad SMARTS) is 1. The molecule has 2 aliphatic rings. The lowest BCUT2D eigenvalue weighted by Gasteiger charge is -2.35. The second-order valence-corrected chi connectivity index (χ2v) is 21.0. The van der Waals surface area contributed by atoms with E-state index in [0.717, 1.165) is 5.01 Å². The maximum atomic E-state index is 14.5. The molecule has 5 unspecified atom stereocenters. The van der Waals surface area contributed by atoms with Crippen LogP contribution in [-0.4, -0.2) is 99.4 Å². The van der Waals surface area contributed by atoms with Crippen LogP contribution in [0, 0.1) is 18.3 Å². The van der Waals surface area contributed by atoms with Crippen LogP contribution in [0.3, 0.4) is 0 Å². The fraction of sp³-hybridized carbons (Fsp3) is 0.526. The minimum atomic E-state index is -2.47. The number of nitrogens with zero attached hydrogens (tertiary/aromatic N) is 3. The Morgan fingerprint density at radius 3 is 2.39 bits per heavy atom. The van der Waals surface area contributed by atoms with Crippen LogP contribution in [0.25, 0.3) is 22.3 Å². The van der Waals surface area contributed by atoms with E-state index in [1.807, 2.05) is 12.3 Å². The van der Waals surface area contributed by atoms with Crippen LogP contribution in [0.1, 0.15) is 59.4 Å². The molecule has 16 heteroatoms. The number of pyridine rings is 1. The summed E-state index contributed by atoms with van der Waals surface area (Å²) in [5, 5.41) is 18.8. The Kier molecular flexibility index (Phi) is 11.3. The van der Waals surface area contributed by atoms with Crippen LogP contribution >= 0.6 is 18.5 Å². The number of aromatic nitrogens is 2. The second-order valence-electron chi connectivity index (χ2n) is 16.5. The predicted octanol–water partition coefficient (Wildman–Crippen LogP) is 6.06. The number of aryl methyl sites for hydroxylation is 1. The molecule has 5 atom stereocenters. The van der Waals surface area contributed by atoms with Crippen molar-refractivity contribution in [2.45, 2.75) is 90.6 Å². The Morgan fingerprint density at radius 1 is 1.13 bits per heavy atom. The SMILES string of the molecule is C=CC1CC1(NC(=O)C1CC(Oc2cc(-c3csc(C)n3)nc3cc(OCP(C)(C)=O)ccc23)CN1C(=O)C(NC(=O)OC(C)(C)C)C(C)(C)C)C(=O)O. The Balaban J connectivity index is 1.51. The van der Waals surface area contributed by atoms with Gasteiger partial charge in [-0.3, -0.25) is 9.59 Å². The van der Waals surface area contributed by atoms with Gasteiger partial charge in [0, 0.05) is 35.2 Å². The fourth-order valence-electron chi connectivity index (χ4n) is 6.32. The van der Waals surface area contributed by atoms with Crippen molar-refractivity contribution in [3.8, 4) is 22.9 Å². The van der Waals surface area contributed by atoms with Gasteiger partial charge in [0.2, 0.25) is 11.8 Å². The quantitative estimate of drug-likeness (QED) is 0.143. The molecule has 3 heterocycles. The second kappa shape index (κ2) is 15.0. The largest absolute Gasteiger partial charge is 0.488 e. The molecule has 3 amide bonds. The van der Waals surface area contributed by atoms with E-state index in [2.05, 4.69) is 22.2 Å². The molecule has 1 saturated heterocycles. The molecule has 5 rings (SSSR count). The van der Waals surface area contributed by atoms with E-state index >= 15 is 0 Å². The first-order chi connectivity index (χ1) is 25.0. The van der Waals surface area contributed by atoms with E-state index in [0.29, 0.717) is 33.8 Å². The molecular formula is C38H50N5O9PS.